The van der Waals surface area contributed by atoms with Crippen molar-refractivity contribution in [1.82, 2.24) is 14.5 Å². The molecule has 0 radical (unpaired) electrons. The molecule has 3 aromatic rings. The number of benzene rings is 2. The van der Waals surface area contributed by atoms with Crippen LogP contribution in [-0.4, -0.2) is 32.2 Å². The molecule has 33 heavy (non-hydrogen) atoms. The van der Waals surface area contributed by atoms with Gasteiger partial charge in [0.1, 0.15) is 5.82 Å². The number of nitrogens with zero attached hydrogens (tertiary/aromatic N) is 4. The van der Waals surface area contributed by atoms with Crippen molar-refractivity contribution >= 4 is 23.0 Å². The lowest BCUT2D eigenvalue weighted by Crippen LogP contribution is -2.45. The molecule has 0 bridgehead atoms. The van der Waals surface area contributed by atoms with Crippen LogP contribution in [0.25, 0.3) is 0 Å². The normalized spacial score (nSPS) is 13.9. The van der Waals surface area contributed by atoms with Gasteiger partial charge in [0.2, 0.25) is 0 Å². The summed E-state index contributed by atoms with van der Waals surface area (Å²) in [6, 6.07) is 16.5. The van der Waals surface area contributed by atoms with E-state index < -0.39 is 0 Å². The molecule has 1 heterocycles. The van der Waals surface area contributed by atoms with Crippen LogP contribution in [0.3, 0.4) is 0 Å². The van der Waals surface area contributed by atoms with Gasteiger partial charge < -0.3 is 14.8 Å². The average molecular weight is 462 g/mol. The van der Waals surface area contributed by atoms with Crippen molar-refractivity contribution in [2.45, 2.75) is 51.1 Å². The predicted octanol–water partition coefficient (Wildman–Crippen LogP) is 5.52. The maximum absolute atomic E-state index is 13.3. The van der Waals surface area contributed by atoms with Crippen LogP contribution in [0.15, 0.2) is 61.1 Å². The molecule has 1 aliphatic carbocycles. The molecule has 2 aromatic carbocycles. The van der Waals surface area contributed by atoms with Gasteiger partial charge in [-0.25, -0.2) is 9.37 Å². The second-order valence-corrected chi connectivity index (χ2v) is 8.88. The van der Waals surface area contributed by atoms with Crippen molar-refractivity contribution in [2.75, 3.05) is 11.9 Å². The minimum atomic E-state index is -0.258. The van der Waals surface area contributed by atoms with Gasteiger partial charge in [0, 0.05) is 43.1 Å². The van der Waals surface area contributed by atoms with Crippen LogP contribution in [0.2, 0.25) is 0 Å². The van der Waals surface area contributed by atoms with Gasteiger partial charge in [-0.05, 0) is 67.0 Å². The molecular weight excluding hydrogens is 433 g/mol. The van der Waals surface area contributed by atoms with E-state index in [1.54, 1.807) is 12.1 Å². The van der Waals surface area contributed by atoms with Gasteiger partial charge in [-0.2, -0.15) is 5.26 Å². The van der Waals surface area contributed by atoms with Crippen LogP contribution in [0, 0.1) is 17.1 Å². The number of hydrogen-bond acceptors (Lipinski definition) is 3. The van der Waals surface area contributed by atoms with E-state index in [1.807, 2.05) is 36.8 Å². The summed E-state index contributed by atoms with van der Waals surface area (Å²) in [6.45, 7) is 1.50. The average Bonchev–Trinajstić information content (AvgIpc) is 3.28. The van der Waals surface area contributed by atoms with Gasteiger partial charge in [-0.3, -0.25) is 0 Å². The topological polar surface area (TPSA) is 56.9 Å². The number of imidazole rings is 1. The van der Waals surface area contributed by atoms with Crippen molar-refractivity contribution in [3.63, 3.8) is 0 Å². The maximum atomic E-state index is 13.3. The van der Waals surface area contributed by atoms with Crippen molar-refractivity contribution in [1.29, 1.82) is 5.26 Å². The summed E-state index contributed by atoms with van der Waals surface area (Å²) in [5.74, 6) is -0.258. The van der Waals surface area contributed by atoms with Crippen LogP contribution in [0.5, 0.6) is 0 Å². The zero-order chi connectivity index (χ0) is 23.0. The molecule has 1 fully saturated rings. The number of nitrogens with one attached hydrogen (secondary N) is 1. The summed E-state index contributed by atoms with van der Waals surface area (Å²) in [4.78, 5) is 6.67. The van der Waals surface area contributed by atoms with E-state index in [0.29, 0.717) is 23.3 Å². The van der Waals surface area contributed by atoms with Gasteiger partial charge in [-0.15, -0.1) is 0 Å². The number of thiocarbonyl (C=S) groups is 1. The number of halogens is 1. The first-order valence-corrected chi connectivity index (χ1v) is 11.8. The Labute approximate surface area is 199 Å². The van der Waals surface area contributed by atoms with E-state index in [4.69, 9.17) is 17.5 Å². The number of nitriles is 1. The van der Waals surface area contributed by atoms with Crippen LogP contribution in [0.1, 0.15) is 48.9 Å². The van der Waals surface area contributed by atoms with E-state index in [1.165, 1.54) is 31.4 Å². The first-order chi connectivity index (χ1) is 16.1. The van der Waals surface area contributed by atoms with Crippen molar-refractivity contribution in [3.05, 3.63) is 83.7 Å². The summed E-state index contributed by atoms with van der Waals surface area (Å²) in [6.07, 6.45) is 10.6. The summed E-state index contributed by atoms with van der Waals surface area (Å²) >= 11 is 5.80. The Kier molecular flexibility index (Phi) is 7.69. The van der Waals surface area contributed by atoms with Gasteiger partial charge >= 0.3 is 0 Å². The van der Waals surface area contributed by atoms with E-state index in [-0.39, 0.29) is 5.82 Å². The zero-order valence-electron chi connectivity index (χ0n) is 18.6. The molecule has 0 aliphatic heterocycles. The quantitative estimate of drug-likeness (QED) is 0.470. The number of anilines is 1. The zero-order valence-corrected chi connectivity index (χ0v) is 19.4. The van der Waals surface area contributed by atoms with Gasteiger partial charge in [0.25, 0.3) is 0 Å². The molecule has 7 heteroatoms. The van der Waals surface area contributed by atoms with Crippen LogP contribution >= 0.6 is 12.2 Å². The van der Waals surface area contributed by atoms with Gasteiger partial charge in [0.15, 0.2) is 5.11 Å². The fourth-order valence-electron chi connectivity index (χ4n) is 4.39. The van der Waals surface area contributed by atoms with Crippen molar-refractivity contribution in [3.8, 4) is 6.07 Å². The fourth-order valence-corrected chi connectivity index (χ4v) is 4.74. The van der Waals surface area contributed by atoms with Gasteiger partial charge in [-0.1, -0.05) is 31.4 Å². The first kappa shape index (κ1) is 22.9. The minimum Gasteiger partial charge on any atom is -0.346 e. The number of rotatable bonds is 7. The maximum Gasteiger partial charge on any atom is 0.173 e. The lowest BCUT2D eigenvalue weighted by Gasteiger charge is -2.36. The molecule has 1 saturated carbocycles. The molecule has 0 unspecified atom stereocenters. The summed E-state index contributed by atoms with van der Waals surface area (Å²) in [7, 11) is 0. The third kappa shape index (κ3) is 6.17. The molecule has 1 N–H and O–H groups in total. The largest absolute Gasteiger partial charge is 0.346 e. The summed E-state index contributed by atoms with van der Waals surface area (Å²) in [5, 5.41) is 13.0. The summed E-state index contributed by atoms with van der Waals surface area (Å²) in [5.41, 5.74) is 3.73. The Morgan fingerprint density at radius 3 is 2.55 bits per heavy atom. The van der Waals surface area contributed by atoms with E-state index in [2.05, 4.69) is 25.8 Å². The van der Waals surface area contributed by atoms with E-state index in [9.17, 15) is 4.39 Å². The smallest absolute Gasteiger partial charge is 0.173 e. The van der Waals surface area contributed by atoms with Crippen molar-refractivity contribution in [2.24, 2.45) is 0 Å². The Morgan fingerprint density at radius 1 is 1.12 bits per heavy atom. The highest BCUT2D eigenvalue weighted by Gasteiger charge is 2.23. The summed E-state index contributed by atoms with van der Waals surface area (Å²) < 4.78 is 15.4. The number of hydrogen-bond donors (Lipinski definition) is 1. The van der Waals surface area contributed by atoms with E-state index in [0.717, 1.165) is 42.8 Å². The van der Waals surface area contributed by atoms with E-state index >= 15 is 0 Å². The predicted molar refractivity (Wildman–Crippen MR) is 132 cm³/mol. The molecule has 0 spiro atoms. The fraction of sp³-hybridized carbons (Fsp3) is 0.346. The van der Waals surface area contributed by atoms with Crippen LogP contribution in [-0.2, 0) is 13.0 Å². The van der Waals surface area contributed by atoms with Crippen molar-refractivity contribution < 1.29 is 4.39 Å². The second-order valence-electron chi connectivity index (χ2n) is 8.49. The number of aromatic nitrogens is 2. The second kappa shape index (κ2) is 11.1. The Hall–Kier alpha value is -3.24. The first-order valence-electron chi connectivity index (χ1n) is 11.4. The molecule has 1 aliphatic rings. The molecular formula is C26H28FN5S. The minimum absolute atomic E-state index is 0.258. The SMILES string of the molecule is N#Cc1ccc(Cn2cncc2CCN(C(=S)Nc2ccc(F)cc2)C2CCCCC2)cc1. The molecule has 0 atom stereocenters. The van der Waals surface area contributed by atoms with Crippen LogP contribution < -0.4 is 5.32 Å². The van der Waals surface area contributed by atoms with Crippen LogP contribution in [0.4, 0.5) is 10.1 Å². The Bertz CT molecular complexity index is 1090. The highest BCUT2D eigenvalue weighted by Crippen LogP contribution is 2.24. The molecule has 0 saturated heterocycles. The highest BCUT2D eigenvalue weighted by molar-refractivity contribution is 7.80. The lowest BCUT2D eigenvalue weighted by molar-refractivity contribution is 0.247. The third-order valence-electron chi connectivity index (χ3n) is 6.22. The third-order valence-corrected chi connectivity index (χ3v) is 6.55. The molecule has 0 amide bonds. The molecule has 4 rings (SSSR count). The Morgan fingerprint density at radius 2 is 1.85 bits per heavy atom. The monoisotopic (exact) mass is 461 g/mol. The molecule has 5 nitrogen and oxygen atoms in total. The Balaban J connectivity index is 1.44. The lowest BCUT2D eigenvalue weighted by atomic mass is 9.94. The molecule has 170 valence electrons. The standard InChI is InChI=1S/C26H28FN5S/c27-22-10-12-23(13-11-22)30-26(33)32(24-4-2-1-3-5-24)15-14-25-17-29-19-31(25)18-21-8-6-20(16-28)7-9-21/h6-13,17,19,24H,1-5,14-15,18H2,(H,30,33). The van der Waals surface area contributed by atoms with Gasteiger partial charge in [0.05, 0.1) is 18.0 Å². The highest BCUT2D eigenvalue weighted by atomic mass is 32.1. The molecule has 1 aromatic heterocycles.